The minimum atomic E-state index is -0.773. The van der Waals surface area contributed by atoms with Gasteiger partial charge in [0.05, 0.1) is 0 Å². The van der Waals surface area contributed by atoms with E-state index in [9.17, 15) is 14.4 Å². The highest BCUT2D eigenvalue weighted by Crippen LogP contribution is 2.18. The van der Waals surface area contributed by atoms with Crippen molar-refractivity contribution >= 4 is 17.9 Å². The number of carbonyl (C=O) groups is 3. The number of ether oxygens (including phenoxy) is 3. The Balaban J connectivity index is 4.24. The lowest BCUT2D eigenvalue weighted by Gasteiger charge is -2.18. The van der Waals surface area contributed by atoms with Crippen molar-refractivity contribution in [2.24, 2.45) is 0 Å². The van der Waals surface area contributed by atoms with Gasteiger partial charge < -0.3 is 14.2 Å². The van der Waals surface area contributed by atoms with Crippen LogP contribution in [0.2, 0.25) is 0 Å². The molecule has 1 unspecified atom stereocenters. The summed E-state index contributed by atoms with van der Waals surface area (Å²) in [5.74, 6) is -0.848. The summed E-state index contributed by atoms with van der Waals surface area (Å²) in [7, 11) is 0. The summed E-state index contributed by atoms with van der Waals surface area (Å²) in [5.41, 5.74) is 0. The maximum Gasteiger partial charge on any atom is 0.306 e. The second-order valence-corrected chi connectivity index (χ2v) is 24.1. The van der Waals surface area contributed by atoms with Crippen molar-refractivity contribution in [3.05, 3.63) is 36.5 Å². The molecule has 79 heavy (non-hydrogen) atoms. The van der Waals surface area contributed by atoms with E-state index in [0.717, 1.165) is 70.6 Å². The van der Waals surface area contributed by atoms with Gasteiger partial charge in [0, 0.05) is 19.3 Å². The van der Waals surface area contributed by atoms with Crippen molar-refractivity contribution < 1.29 is 28.6 Å². The highest BCUT2D eigenvalue weighted by atomic mass is 16.6. The average molecular weight is 1110 g/mol. The van der Waals surface area contributed by atoms with E-state index in [1.807, 2.05) is 0 Å². The molecule has 0 N–H and O–H groups in total. The zero-order valence-electron chi connectivity index (χ0n) is 53.4. The van der Waals surface area contributed by atoms with Crippen LogP contribution in [0.3, 0.4) is 0 Å². The van der Waals surface area contributed by atoms with Crippen molar-refractivity contribution in [1.29, 1.82) is 0 Å². The van der Waals surface area contributed by atoms with Crippen LogP contribution in [-0.4, -0.2) is 37.2 Å². The van der Waals surface area contributed by atoms with E-state index in [1.54, 1.807) is 0 Å². The van der Waals surface area contributed by atoms with Gasteiger partial charge in [-0.1, -0.05) is 333 Å². The number of unbranched alkanes of at least 4 members (excludes halogenated alkanes) is 49. The Labute approximate surface area is 493 Å². The van der Waals surface area contributed by atoms with Crippen LogP contribution in [0.4, 0.5) is 0 Å². The molecule has 0 aliphatic heterocycles. The third kappa shape index (κ3) is 66.3. The van der Waals surface area contributed by atoms with Gasteiger partial charge in [0.25, 0.3) is 0 Å². The second-order valence-electron chi connectivity index (χ2n) is 24.1. The number of rotatable bonds is 66. The van der Waals surface area contributed by atoms with Gasteiger partial charge in [0.15, 0.2) is 6.10 Å². The predicted octanol–water partition coefficient (Wildman–Crippen LogP) is 24.3. The van der Waals surface area contributed by atoms with Crippen LogP contribution >= 0.6 is 0 Å². The molecule has 0 saturated carbocycles. The zero-order chi connectivity index (χ0) is 57.1. The molecule has 1 atom stereocenters. The first-order chi connectivity index (χ1) is 39.0. The van der Waals surface area contributed by atoms with Crippen molar-refractivity contribution in [1.82, 2.24) is 0 Å². The molecule has 0 aromatic carbocycles. The summed E-state index contributed by atoms with van der Waals surface area (Å²) in [6.45, 7) is 6.69. The number of carbonyl (C=O) groups excluding carboxylic acids is 3. The van der Waals surface area contributed by atoms with Gasteiger partial charge in [-0.3, -0.25) is 14.4 Å². The molecule has 0 saturated heterocycles. The number of allylic oxidation sites excluding steroid dienone is 6. The van der Waals surface area contributed by atoms with E-state index in [1.165, 1.54) is 283 Å². The van der Waals surface area contributed by atoms with Gasteiger partial charge in [-0.05, 0) is 77.0 Å². The highest BCUT2D eigenvalue weighted by Gasteiger charge is 2.19. The normalized spacial score (nSPS) is 12.2. The molecule has 0 aromatic heterocycles. The average Bonchev–Trinajstić information content (AvgIpc) is 3.45. The lowest BCUT2D eigenvalue weighted by atomic mass is 10.0. The Bertz CT molecular complexity index is 1320. The molecule has 6 nitrogen and oxygen atoms in total. The van der Waals surface area contributed by atoms with Crippen molar-refractivity contribution in [2.75, 3.05) is 13.2 Å². The van der Waals surface area contributed by atoms with E-state index >= 15 is 0 Å². The summed E-state index contributed by atoms with van der Waals surface area (Å²) < 4.78 is 17.0. The van der Waals surface area contributed by atoms with Crippen LogP contribution in [0, 0.1) is 0 Å². The number of esters is 3. The van der Waals surface area contributed by atoms with Gasteiger partial charge in [-0.2, -0.15) is 0 Å². The van der Waals surface area contributed by atoms with Crippen molar-refractivity contribution in [3.8, 4) is 0 Å². The molecular weight excluding hydrogens is 973 g/mol. The van der Waals surface area contributed by atoms with Crippen LogP contribution < -0.4 is 0 Å². The van der Waals surface area contributed by atoms with E-state index in [0.29, 0.717) is 19.3 Å². The molecule has 6 heteroatoms. The largest absolute Gasteiger partial charge is 0.462 e. The topological polar surface area (TPSA) is 78.9 Å². The van der Waals surface area contributed by atoms with Gasteiger partial charge in [0.2, 0.25) is 0 Å². The molecule has 0 bridgehead atoms. The predicted molar refractivity (Wildman–Crippen MR) is 344 cm³/mol. The van der Waals surface area contributed by atoms with E-state index in [2.05, 4.69) is 57.2 Å². The van der Waals surface area contributed by atoms with Crippen molar-refractivity contribution in [3.63, 3.8) is 0 Å². The molecule has 0 aliphatic carbocycles. The summed E-state index contributed by atoms with van der Waals surface area (Å²) in [6, 6.07) is 0. The van der Waals surface area contributed by atoms with Crippen LogP contribution in [0.1, 0.15) is 393 Å². The van der Waals surface area contributed by atoms with Crippen molar-refractivity contribution in [2.45, 2.75) is 399 Å². The van der Waals surface area contributed by atoms with E-state index in [4.69, 9.17) is 14.2 Å². The van der Waals surface area contributed by atoms with Gasteiger partial charge in [-0.25, -0.2) is 0 Å². The minimum Gasteiger partial charge on any atom is -0.462 e. The Morgan fingerprint density at radius 3 is 0.709 bits per heavy atom. The Kier molecular flexibility index (Phi) is 66.1. The fourth-order valence-corrected chi connectivity index (χ4v) is 10.8. The van der Waals surface area contributed by atoms with Crippen LogP contribution in [0.25, 0.3) is 0 Å². The molecule has 0 aliphatic rings. The van der Waals surface area contributed by atoms with Gasteiger partial charge in [-0.15, -0.1) is 0 Å². The summed E-state index contributed by atoms with van der Waals surface area (Å²) in [4.78, 5) is 38.4. The van der Waals surface area contributed by atoms with E-state index < -0.39 is 6.10 Å². The maximum absolute atomic E-state index is 12.9. The smallest absolute Gasteiger partial charge is 0.306 e. The molecule has 0 heterocycles. The minimum absolute atomic E-state index is 0.0694. The van der Waals surface area contributed by atoms with Gasteiger partial charge in [0.1, 0.15) is 13.2 Å². The standard InChI is InChI=1S/C73H136O6/c1-4-7-10-13-16-19-22-25-28-30-32-33-34-35-36-37-38-39-41-42-45-48-51-54-57-60-63-66-72(75)78-69-70(68-77-71(74)65-62-59-56-53-50-47-44-27-24-21-18-15-12-9-6-3)79-73(76)67-64-61-58-55-52-49-46-43-40-31-29-26-23-20-17-14-11-8-5-2/h22,25,27,30,32,44,70H,4-21,23-24,26,28-29,31,33-43,45-69H2,1-3H3/b25-22-,32-30-,44-27-. The summed E-state index contributed by atoms with van der Waals surface area (Å²) in [5, 5.41) is 0. The van der Waals surface area contributed by atoms with Crippen LogP contribution in [-0.2, 0) is 28.6 Å². The zero-order valence-corrected chi connectivity index (χ0v) is 53.4. The third-order valence-corrected chi connectivity index (χ3v) is 16.1. The lowest BCUT2D eigenvalue weighted by molar-refractivity contribution is -0.167. The summed E-state index contributed by atoms with van der Waals surface area (Å²) in [6.07, 6.45) is 84.6. The Morgan fingerprint density at radius 1 is 0.253 bits per heavy atom. The molecular formula is C73H136O6. The second kappa shape index (κ2) is 68.1. The van der Waals surface area contributed by atoms with Gasteiger partial charge >= 0.3 is 17.9 Å². The first-order valence-corrected chi connectivity index (χ1v) is 35.5. The molecule has 0 rings (SSSR count). The molecule has 0 aromatic rings. The molecule has 0 radical (unpaired) electrons. The van der Waals surface area contributed by atoms with E-state index in [-0.39, 0.29) is 31.1 Å². The highest BCUT2D eigenvalue weighted by molar-refractivity contribution is 5.71. The SMILES string of the molecule is CCCCCCC/C=C\C/C=C\CCCCCCCCCCCCCCCCCC(=O)OCC(COC(=O)CCCCCCC/C=C\CCCCCCCC)OC(=O)CCCCCCCCCCCCCCCCCCCCC. The molecule has 464 valence electrons. The number of hydrogen-bond acceptors (Lipinski definition) is 6. The molecule has 0 fully saturated rings. The first-order valence-electron chi connectivity index (χ1n) is 35.5. The fraction of sp³-hybridized carbons (Fsp3) is 0.877. The molecule has 0 amide bonds. The quantitative estimate of drug-likeness (QED) is 0.0261. The number of hydrogen-bond donors (Lipinski definition) is 0. The summed E-state index contributed by atoms with van der Waals surface area (Å²) >= 11 is 0. The molecule has 0 spiro atoms. The maximum atomic E-state index is 12.9. The fourth-order valence-electron chi connectivity index (χ4n) is 10.8. The first kappa shape index (κ1) is 76.6. The third-order valence-electron chi connectivity index (χ3n) is 16.1. The Hall–Kier alpha value is -2.37. The Morgan fingerprint density at radius 2 is 0.456 bits per heavy atom. The monoisotopic (exact) mass is 1110 g/mol. The van der Waals surface area contributed by atoms with Crippen LogP contribution in [0.5, 0.6) is 0 Å². The lowest BCUT2D eigenvalue weighted by Crippen LogP contribution is -2.30. The van der Waals surface area contributed by atoms with Crippen LogP contribution in [0.15, 0.2) is 36.5 Å².